The van der Waals surface area contributed by atoms with Crippen molar-refractivity contribution < 1.29 is 37.0 Å². The van der Waals surface area contributed by atoms with Gasteiger partial charge in [-0.1, -0.05) is 11.6 Å². The SMILES string of the molecule is CC(C)(C)OC(=O)N1C(C(=O)OCCl)COC2C1C2C(F)(F)F. The maximum atomic E-state index is 13.0. The van der Waals surface area contributed by atoms with Crippen LogP contribution in [0.5, 0.6) is 0 Å². The van der Waals surface area contributed by atoms with Crippen LogP contribution < -0.4 is 0 Å². The molecule has 0 bridgehead atoms. The number of carbonyl (C=O) groups excluding carboxylic acids is 2. The van der Waals surface area contributed by atoms with E-state index >= 15 is 0 Å². The molecule has 6 nitrogen and oxygen atoms in total. The van der Waals surface area contributed by atoms with Gasteiger partial charge in [-0.15, -0.1) is 0 Å². The van der Waals surface area contributed by atoms with Crippen LogP contribution in [-0.4, -0.2) is 59.6 Å². The predicted molar refractivity (Wildman–Crippen MR) is 71.7 cm³/mol. The number of ether oxygens (including phenoxy) is 3. The highest BCUT2D eigenvalue weighted by atomic mass is 35.5. The number of amides is 1. The molecular formula is C13H17ClF3NO5. The van der Waals surface area contributed by atoms with E-state index in [1.165, 1.54) is 0 Å². The number of alkyl halides is 4. The van der Waals surface area contributed by atoms with Gasteiger partial charge in [0.05, 0.1) is 18.8 Å². The zero-order chi connectivity index (χ0) is 17.6. The summed E-state index contributed by atoms with van der Waals surface area (Å²) in [6, 6.07) is -3.10. The van der Waals surface area contributed by atoms with Gasteiger partial charge in [0.25, 0.3) is 0 Å². The average Bonchev–Trinajstić information content (AvgIpc) is 3.09. The van der Waals surface area contributed by atoms with Crippen LogP contribution in [-0.2, 0) is 19.0 Å². The Balaban J connectivity index is 2.24. The number of esters is 1. The van der Waals surface area contributed by atoms with Gasteiger partial charge in [-0.2, -0.15) is 13.2 Å². The summed E-state index contributed by atoms with van der Waals surface area (Å²) in [6.45, 7) is 4.32. The monoisotopic (exact) mass is 359 g/mol. The summed E-state index contributed by atoms with van der Waals surface area (Å²) in [5, 5.41) is 0. The van der Waals surface area contributed by atoms with E-state index in [2.05, 4.69) is 4.74 Å². The fourth-order valence-electron chi connectivity index (χ4n) is 2.57. The third-order valence-corrected chi connectivity index (χ3v) is 3.58. The van der Waals surface area contributed by atoms with Crippen LogP contribution in [0.1, 0.15) is 20.8 Å². The van der Waals surface area contributed by atoms with Crippen LogP contribution in [0, 0.1) is 5.92 Å². The van der Waals surface area contributed by atoms with Crippen LogP contribution in [0.3, 0.4) is 0 Å². The molecule has 2 rings (SSSR count). The zero-order valence-electron chi connectivity index (χ0n) is 12.7. The second kappa shape index (κ2) is 6.01. The van der Waals surface area contributed by atoms with Crippen molar-refractivity contribution in [3.05, 3.63) is 0 Å². The van der Waals surface area contributed by atoms with E-state index in [1.54, 1.807) is 20.8 Å². The molecule has 4 unspecified atom stereocenters. The predicted octanol–water partition coefficient (Wildman–Crippen LogP) is 2.29. The number of carbonyl (C=O) groups is 2. The van der Waals surface area contributed by atoms with E-state index in [0.29, 0.717) is 0 Å². The van der Waals surface area contributed by atoms with Crippen molar-refractivity contribution in [1.29, 1.82) is 0 Å². The van der Waals surface area contributed by atoms with Crippen molar-refractivity contribution in [3.8, 4) is 0 Å². The lowest BCUT2D eigenvalue weighted by atomic mass is 10.2. The van der Waals surface area contributed by atoms with Crippen molar-refractivity contribution >= 4 is 23.7 Å². The molecule has 2 aliphatic rings. The smallest absolute Gasteiger partial charge is 0.411 e. The lowest BCUT2D eigenvalue weighted by molar-refractivity contribution is -0.157. The topological polar surface area (TPSA) is 65.1 Å². The summed E-state index contributed by atoms with van der Waals surface area (Å²) in [6.07, 6.45) is -6.75. The molecule has 132 valence electrons. The Morgan fingerprint density at radius 3 is 2.39 bits per heavy atom. The van der Waals surface area contributed by atoms with Crippen LogP contribution in [0.2, 0.25) is 0 Å². The Morgan fingerprint density at radius 1 is 1.30 bits per heavy atom. The molecule has 2 fully saturated rings. The first-order valence-corrected chi connectivity index (χ1v) is 7.43. The molecular weight excluding hydrogens is 343 g/mol. The third kappa shape index (κ3) is 3.82. The summed E-state index contributed by atoms with van der Waals surface area (Å²) >= 11 is 5.30. The lowest BCUT2D eigenvalue weighted by Gasteiger charge is -2.34. The van der Waals surface area contributed by atoms with Crippen LogP contribution in [0.4, 0.5) is 18.0 Å². The van der Waals surface area contributed by atoms with Crippen LogP contribution >= 0.6 is 11.6 Å². The van der Waals surface area contributed by atoms with E-state index in [1.807, 2.05) is 0 Å². The highest BCUT2D eigenvalue weighted by molar-refractivity contribution is 6.17. The van der Waals surface area contributed by atoms with E-state index in [0.717, 1.165) is 4.90 Å². The molecule has 0 spiro atoms. The molecule has 1 aliphatic carbocycles. The second-order valence-corrected chi connectivity index (χ2v) is 6.55. The number of halogens is 4. The lowest BCUT2D eigenvalue weighted by Crippen LogP contribution is -2.55. The molecule has 1 saturated heterocycles. The Hall–Kier alpha value is -1.22. The minimum absolute atomic E-state index is 0.400. The number of fused-ring (bicyclic) bond motifs is 1. The molecule has 1 saturated carbocycles. The molecule has 1 amide bonds. The average molecular weight is 360 g/mol. The standard InChI is InChI=1S/C13H17ClF3NO5/c1-12(2,3)23-11(20)18-6(10(19)22-5-14)4-21-9-7(8(9)18)13(15,16)17/h6-9H,4-5H2,1-3H3. The van der Waals surface area contributed by atoms with E-state index < -0.39 is 60.6 Å². The molecule has 4 atom stereocenters. The first-order valence-electron chi connectivity index (χ1n) is 6.89. The first-order chi connectivity index (χ1) is 10.5. The number of rotatable bonds is 2. The van der Waals surface area contributed by atoms with Gasteiger partial charge in [0.15, 0.2) is 12.1 Å². The van der Waals surface area contributed by atoms with E-state index in [4.69, 9.17) is 21.1 Å². The molecule has 1 heterocycles. The van der Waals surface area contributed by atoms with E-state index in [-0.39, 0.29) is 0 Å². The summed E-state index contributed by atoms with van der Waals surface area (Å²) in [7, 11) is 0. The van der Waals surface area contributed by atoms with Gasteiger partial charge >= 0.3 is 18.2 Å². The number of hydrogen-bond donors (Lipinski definition) is 0. The van der Waals surface area contributed by atoms with E-state index in [9.17, 15) is 22.8 Å². The summed E-state index contributed by atoms with van der Waals surface area (Å²) < 4.78 is 53.8. The fraction of sp³-hybridized carbons (Fsp3) is 0.846. The highest BCUT2D eigenvalue weighted by Crippen LogP contribution is 2.52. The number of nitrogens with zero attached hydrogens (tertiary/aromatic N) is 1. The summed E-state index contributed by atoms with van der Waals surface area (Å²) in [4.78, 5) is 24.9. The minimum Gasteiger partial charge on any atom is -0.448 e. The van der Waals surface area contributed by atoms with Crippen molar-refractivity contribution in [3.63, 3.8) is 0 Å². The summed E-state index contributed by atoms with van der Waals surface area (Å²) in [5.74, 6) is -2.78. The number of hydrogen-bond acceptors (Lipinski definition) is 5. The Bertz CT molecular complexity index is 493. The molecule has 0 aromatic rings. The largest absolute Gasteiger partial charge is 0.448 e. The third-order valence-electron chi connectivity index (χ3n) is 3.47. The van der Waals surface area contributed by atoms with Gasteiger partial charge in [-0.05, 0) is 20.8 Å². The molecule has 0 radical (unpaired) electrons. The van der Waals surface area contributed by atoms with Crippen molar-refractivity contribution in [1.82, 2.24) is 4.90 Å². The first kappa shape index (κ1) is 18.1. The van der Waals surface area contributed by atoms with Gasteiger partial charge < -0.3 is 14.2 Å². The van der Waals surface area contributed by atoms with Crippen molar-refractivity contribution in [2.45, 2.75) is 50.7 Å². The normalized spacial score (nSPS) is 30.5. The highest BCUT2D eigenvalue weighted by Gasteiger charge is 2.72. The molecule has 0 N–H and O–H groups in total. The van der Waals surface area contributed by atoms with Crippen LogP contribution in [0.25, 0.3) is 0 Å². The van der Waals surface area contributed by atoms with Gasteiger partial charge in [0.1, 0.15) is 11.5 Å². The molecule has 0 aromatic carbocycles. The molecule has 0 aromatic heterocycles. The van der Waals surface area contributed by atoms with Crippen molar-refractivity contribution in [2.75, 3.05) is 12.7 Å². The minimum atomic E-state index is -4.54. The molecule has 10 heteroatoms. The quantitative estimate of drug-likeness (QED) is 0.559. The Kier molecular flexibility index (Phi) is 4.74. The zero-order valence-corrected chi connectivity index (χ0v) is 13.5. The van der Waals surface area contributed by atoms with Gasteiger partial charge in [0.2, 0.25) is 0 Å². The second-order valence-electron chi connectivity index (χ2n) is 6.33. The number of morpholine rings is 1. The van der Waals surface area contributed by atoms with Crippen LogP contribution in [0.15, 0.2) is 0 Å². The maximum Gasteiger partial charge on any atom is 0.411 e. The molecule has 1 aliphatic heterocycles. The molecule has 23 heavy (non-hydrogen) atoms. The van der Waals surface area contributed by atoms with Crippen molar-refractivity contribution in [2.24, 2.45) is 5.92 Å². The summed E-state index contributed by atoms with van der Waals surface area (Å²) in [5.41, 5.74) is -0.922. The van der Waals surface area contributed by atoms with Gasteiger partial charge in [-0.3, -0.25) is 4.90 Å². The fourth-order valence-corrected chi connectivity index (χ4v) is 2.67. The maximum absolute atomic E-state index is 13.0. The van der Waals surface area contributed by atoms with Gasteiger partial charge in [0, 0.05) is 0 Å². The Morgan fingerprint density at radius 2 is 1.91 bits per heavy atom. The Labute approximate surface area is 135 Å². The van der Waals surface area contributed by atoms with Gasteiger partial charge in [-0.25, -0.2) is 9.59 Å².